The molecule has 0 fully saturated rings. The Morgan fingerprint density at radius 2 is 1.04 bits per heavy atom. The molecule has 0 spiro atoms. The average molecular weight is 328 g/mol. The number of carboxylic acid groups (broad SMARTS) is 3. The van der Waals surface area contributed by atoms with Crippen molar-refractivity contribution in [1.29, 1.82) is 0 Å². The maximum Gasteiger partial charge on any atom is 0.332 e. The number of carboxylic acids is 3. The van der Waals surface area contributed by atoms with Gasteiger partial charge in [0.05, 0.1) is 0 Å². The highest BCUT2D eigenvalue weighted by atomic mass is 16.4. The fraction of sp³-hybridized carbons (Fsp3) is 0.706. The second kappa shape index (κ2) is 12.7. The zero-order valence-corrected chi connectivity index (χ0v) is 13.8. The fourth-order valence-electron chi connectivity index (χ4n) is 2.44. The SMILES string of the molecule is CCCCCCCCCC/C(C(=O)O)=C(\CCC(=O)O)C(=O)O. The molecule has 6 nitrogen and oxygen atoms in total. The zero-order valence-electron chi connectivity index (χ0n) is 13.8. The lowest BCUT2D eigenvalue weighted by molar-refractivity contribution is -0.138. The van der Waals surface area contributed by atoms with Crippen LogP contribution in [0.3, 0.4) is 0 Å². The van der Waals surface area contributed by atoms with Gasteiger partial charge in [-0.15, -0.1) is 0 Å². The first-order valence-electron chi connectivity index (χ1n) is 8.30. The monoisotopic (exact) mass is 328 g/mol. The van der Waals surface area contributed by atoms with E-state index in [1.807, 2.05) is 0 Å². The number of aliphatic carboxylic acids is 3. The van der Waals surface area contributed by atoms with Crippen LogP contribution in [0.5, 0.6) is 0 Å². The van der Waals surface area contributed by atoms with Crippen LogP contribution in [0.25, 0.3) is 0 Å². The minimum absolute atomic E-state index is 0.162. The topological polar surface area (TPSA) is 112 Å². The van der Waals surface area contributed by atoms with Gasteiger partial charge in [-0.05, 0) is 19.3 Å². The van der Waals surface area contributed by atoms with E-state index in [9.17, 15) is 19.5 Å². The molecular formula is C17H28O6. The first-order chi connectivity index (χ1) is 10.9. The fourth-order valence-corrected chi connectivity index (χ4v) is 2.44. The molecule has 0 bridgehead atoms. The van der Waals surface area contributed by atoms with Crippen molar-refractivity contribution >= 4 is 17.9 Å². The molecule has 0 radical (unpaired) electrons. The summed E-state index contributed by atoms with van der Waals surface area (Å²) in [7, 11) is 0. The Morgan fingerprint density at radius 1 is 0.609 bits per heavy atom. The molecule has 132 valence electrons. The average Bonchev–Trinajstić information content (AvgIpc) is 2.47. The van der Waals surface area contributed by atoms with Crippen molar-refractivity contribution in [1.82, 2.24) is 0 Å². The standard InChI is InChI=1S/C17H28O6/c1-2-3-4-5-6-7-8-9-10-13(16(20)21)14(17(22)23)11-12-15(18)19/h2-12H2,1H3,(H,18,19)(H,20,21)(H,22,23)/b14-13-. The van der Waals surface area contributed by atoms with Gasteiger partial charge in [0.2, 0.25) is 0 Å². The maximum atomic E-state index is 11.3. The molecular weight excluding hydrogens is 300 g/mol. The summed E-state index contributed by atoms with van der Waals surface area (Å²) < 4.78 is 0. The third kappa shape index (κ3) is 10.5. The first kappa shape index (κ1) is 21.1. The third-order valence-corrected chi connectivity index (χ3v) is 3.75. The molecule has 0 aromatic heterocycles. The smallest absolute Gasteiger partial charge is 0.332 e. The summed E-state index contributed by atoms with van der Waals surface area (Å²) in [6.07, 6.45) is 7.94. The van der Waals surface area contributed by atoms with E-state index < -0.39 is 17.9 Å². The second-order valence-electron chi connectivity index (χ2n) is 5.69. The zero-order chi connectivity index (χ0) is 17.7. The molecule has 0 aliphatic carbocycles. The lowest BCUT2D eigenvalue weighted by Gasteiger charge is -2.08. The Bertz CT molecular complexity index is 425. The van der Waals surface area contributed by atoms with E-state index in [4.69, 9.17) is 10.2 Å². The van der Waals surface area contributed by atoms with Crippen molar-refractivity contribution in [2.45, 2.75) is 77.6 Å². The molecule has 0 aliphatic rings. The van der Waals surface area contributed by atoms with Crippen LogP contribution in [0.2, 0.25) is 0 Å². The molecule has 0 aliphatic heterocycles. The molecule has 0 heterocycles. The molecule has 0 aromatic rings. The van der Waals surface area contributed by atoms with E-state index in [0.717, 1.165) is 19.3 Å². The minimum atomic E-state index is -1.34. The minimum Gasteiger partial charge on any atom is -0.481 e. The van der Waals surface area contributed by atoms with Crippen molar-refractivity contribution in [3.8, 4) is 0 Å². The maximum absolute atomic E-state index is 11.3. The highest BCUT2D eigenvalue weighted by Crippen LogP contribution is 2.19. The van der Waals surface area contributed by atoms with Gasteiger partial charge in [0, 0.05) is 17.6 Å². The Kier molecular flexibility index (Phi) is 11.7. The Labute approximate surface area is 137 Å². The Hall–Kier alpha value is -1.85. The van der Waals surface area contributed by atoms with Gasteiger partial charge >= 0.3 is 17.9 Å². The van der Waals surface area contributed by atoms with Gasteiger partial charge in [0.1, 0.15) is 0 Å². The van der Waals surface area contributed by atoms with Crippen molar-refractivity contribution in [2.24, 2.45) is 0 Å². The molecule has 0 saturated carbocycles. The van der Waals surface area contributed by atoms with E-state index in [1.54, 1.807) is 0 Å². The molecule has 0 amide bonds. The molecule has 3 N–H and O–H groups in total. The lowest BCUT2D eigenvalue weighted by Crippen LogP contribution is -2.13. The van der Waals surface area contributed by atoms with E-state index in [0.29, 0.717) is 6.42 Å². The Balaban J connectivity index is 4.41. The van der Waals surface area contributed by atoms with E-state index in [2.05, 4.69) is 6.92 Å². The van der Waals surface area contributed by atoms with Crippen molar-refractivity contribution in [3.05, 3.63) is 11.1 Å². The van der Waals surface area contributed by atoms with Crippen molar-refractivity contribution < 1.29 is 29.7 Å². The van der Waals surface area contributed by atoms with Gasteiger partial charge in [-0.1, -0.05) is 51.9 Å². The van der Waals surface area contributed by atoms with Crippen LogP contribution in [-0.2, 0) is 14.4 Å². The van der Waals surface area contributed by atoms with Crippen LogP contribution < -0.4 is 0 Å². The predicted molar refractivity (Wildman–Crippen MR) is 86.4 cm³/mol. The van der Waals surface area contributed by atoms with Gasteiger partial charge in [-0.3, -0.25) is 4.79 Å². The van der Waals surface area contributed by atoms with Crippen LogP contribution in [0.4, 0.5) is 0 Å². The van der Waals surface area contributed by atoms with Gasteiger partial charge in [-0.25, -0.2) is 9.59 Å². The molecule has 6 heteroatoms. The van der Waals surface area contributed by atoms with Gasteiger partial charge in [0.15, 0.2) is 0 Å². The third-order valence-electron chi connectivity index (χ3n) is 3.75. The van der Waals surface area contributed by atoms with E-state index in [1.165, 1.54) is 25.7 Å². The molecule has 0 aromatic carbocycles. The highest BCUT2D eigenvalue weighted by Gasteiger charge is 2.20. The van der Waals surface area contributed by atoms with Crippen molar-refractivity contribution in [2.75, 3.05) is 0 Å². The second-order valence-corrected chi connectivity index (χ2v) is 5.69. The van der Waals surface area contributed by atoms with Gasteiger partial charge in [-0.2, -0.15) is 0 Å². The predicted octanol–water partition coefficient (Wildman–Crippen LogP) is 3.85. The molecule has 0 rings (SSSR count). The quantitative estimate of drug-likeness (QED) is 0.330. The number of hydrogen-bond acceptors (Lipinski definition) is 3. The van der Waals surface area contributed by atoms with Crippen molar-refractivity contribution in [3.63, 3.8) is 0 Å². The van der Waals surface area contributed by atoms with Crippen LogP contribution in [0, 0.1) is 0 Å². The molecule has 23 heavy (non-hydrogen) atoms. The van der Waals surface area contributed by atoms with Gasteiger partial charge in [0.25, 0.3) is 0 Å². The molecule has 0 unspecified atom stereocenters. The van der Waals surface area contributed by atoms with Crippen LogP contribution in [-0.4, -0.2) is 33.2 Å². The van der Waals surface area contributed by atoms with Crippen LogP contribution in [0.1, 0.15) is 77.6 Å². The summed E-state index contributed by atoms with van der Waals surface area (Å²) in [6.45, 7) is 2.16. The summed E-state index contributed by atoms with van der Waals surface area (Å²) in [6, 6.07) is 0. The van der Waals surface area contributed by atoms with E-state index >= 15 is 0 Å². The van der Waals surface area contributed by atoms with Crippen LogP contribution in [0.15, 0.2) is 11.1 Å². The number of rotatable bonds is 14. The van der Waals surface area contributed by atoms with Gasteiger partial charge < -0.3 is 15.3 Å². The number of carbonyl (C=O) groups is 3. The molecule has 0 atom stereocenters. The number of hydrogen-bond donors (Lipinski definition) is 3. The Morgan fingerprint density at radius 3 is 1.48 bits per heavy atom. The first-order valence-corrected chi connectivity index (χ1v) is 8.30. The summed E-state index contributed by atoms with van der Waals surface area (Å²) in [5.74, 6) is -3.75. The summed E-state index contributed by atoms with van der Waals surface area (Å²) in [4.78, 5) is 33.0. The number of unbranched alkanes of at least 4 members (excludes halogenated alkanes) is 7. The normalized spacial score (nSPS) is 11.9. The molecule has 0 saturated heterocycles. The summed E-state index contributed by atoms with van der Waals surface area (Å²) in [5, 5.41) is 26.9. The largest absolute Gasteiger partial charge is 0.481 e. The van der Waals surface area contributed by atoms with Crippen LogP contribution >= 0.6 is 0 Å². The summed E-state index contributed by atoms with van der Waals surface area (Å²) >= 11 is 0. The van der Waals surface area contributed by atoms with E-state index in [-0.39, 0.29) is 30.4 Å². The summed E-state index contributed by atoms with van der Waals surface area (Å²) in [5.41, 5.74) is -0.451. The highest BCUT2D eigenvalue weighted by molar-refractivity contribution is 5.99. The lowest BCUT2D eigenvalue weighted by atomic mass is 9.97.